The first-order valence-electron chi connectivity index (χ1n) is 19.3. The van der Waals surface area contributed by atoms with Crippen LogP contribution < -0.4 is 0 Å². The monoisotopic (exact) mass is 740 g/mol. The van der Waals surface area contributed by atoms with Crippen LogP contribution in [0.5, 0.6) is 0 Å². The lowest BCUT2D eigenvalue weighted by atomic mass is 9.79. The topological polar surface area (TPSA) is 77.8 Å². The average molecular weight is 741 g/mol. The summed E-state index contributed by atoms with van der Waals surface area (Å²) in [6.45, 7) is 0. The van der Waals surface area contributed by atoms with E-state index in [9.17, 15) is 0 Å². The van der Waals surface area contributed by atoms with Crippen molar-refractivity contribution in [2.24, 2.45) is 0 Å². The fraction of sp³-hybridized carbons (Fsp3) is 0. The Morgan fingerprint density at radius 3 is 1.24 bits per heavy atom. The Morgan fingerprint density at radius 1 is 0.310 bits per heavy atom. The third kappa shape index (κ3) is 4.48. The van der Waals surface area contributed by atoms with Crippen molar-refractivity contribution in [1.82, 2.24) is 19.9 Å². The molecule has 0 atom stereocenters. The van der Waals surface area contributed by atoms with Gasteiger partial charge in [-0.05, 0) is 117 Å². The number of fused-ring (bicyclic) bond motifs is 18. The third-order valence-corrected chi connectivity index (χ3v) is 11.8. The Bertz CT molecular complexity index is 3470. The highest BCUT2D eigenvalue weighted by Crippen LogP contribution is 2.52. The van der Waals surface area contributed by atoms with E-state index in [2.05, 4.69) is 97.1 Å². The Kier molecular flexibility index (Phi) is 6.35. The van der Waals surface area contributed by atoms with Crippen LogP contribution in [-0.2, 0) is 0 Å². The minimum absolute atomic E-state index is 0.836. The number of hydrogen-bond acceptors (Lipinski definition) is 6. The lowest BCUT2D eigenvalue weighted by Crippen LogP contribution is -2.02. The summed E-state index contributed by atoms with van der Waals surface area (Å²) in [7, 11) is 0. The minimum Gasteiger partial charge on any atom is -0.456 e. The highest BCUT2D eigenvalue weighted by Gasteiger charge is 2.28. The fourth-order valence-electron chi connectivity index (χ4n) is 9.13. The molecule has 0 saturated heterocycles. The number of nitrogens with zero attached hydrogens (tertiary/aromatic N) is 4. The molecule has 13 rings (SSSR count). The molecule has 0 bridgehead atoms. The van der Waals surface area contributed by atoms with Crippen LogP contribution in [0.1, 0.15) is 0 Å². The molecule has 0 spiro atoms. The Balaban J connectivity index is 1.11. The summed E-state index contributed by atoms with van der Waals surface area (Å²) < 4.78 is 12.4. The van der Waals surface area contributed by atoms with Gasteiger partial charge < -0.3 is 8.83 Å². The van der Waals surface area contributed by atoms with Gasteiger partial charge in [-0.15, -0.1) is 0 Å². The largest absolute Gasteiger partial charge is 0.456 e. The SMILES string of the molecule is c1cnc2c3c(cnc2c1)-c1cc(-c2ccc4oc5ccccc5c4c2)ccc1-c1c(cnc2cccnc12)-c1cc(-c2ccc4oc5ccccc5c4c2)ccc1-3. The third-order valence-electron chi connectivity index (χ3n) is 11.8. The second kappa shape index (κ2) is 11.8. The maximum atomic E-state index is 6.20. The van der Waals surface area contributed by atoms with Gasteiger partial charge in [0.25, 0.3) is 0 Å². The summed E-state index contributed by atoms with van der Waals surface area (Å²) in [6.07, 6.45) is 7.75. The van der Waals surface area contributed by atoms with Crippen LogP contribution in [-0.4, -0.2) is 19.9 Å². The van der Waals surface area contributed by atoms with Crippen LogP contribution in [0.2, 0.25) is 0 Å². The molecule has 0 unspecified atom stereocenters. The molecule has 6 nitrogen and oxygen atoms in total. The molecule has 0 fully saturated rings. The van der Waals surface area contributed by atoms with Crippen molar-refractivity contribution in [3.8, 4) is 66.8 Å². The van der Waals surface area contributed by atoms with Gasteiger partial charge in [0.2, 0.25) is 0 Å². The maximum Gasteiger partial charge on any atom is 0.135 e. The molecule has 0 saturated carbocycles. The minimum atomic E-state index is 0.836. The zero-order valence-corrected chi connectivity index (χ0v) is 30.8. The summed E-state index contributed by atoms with van der Waals surface area (Å²) in [5.41, 5.74) is 19.5. The Hall–Kier alpha value is -7.96. The van der Waals surface area contributed by atoms with Crippen molar-refractivity contribution in [2.75, 3.05) is 0 Å². The standard InChI is InChI=1S/C52H28N4O2/c1-3-11-45-33(7-1)39-25-31(15-19-47(39)57-45)29-13-17-35-37(23-29)41-27-55-44-10-6-22-54-52(44)50(41)36-18-14-30(24-38(36)42-28-56-43-9-5-21-53-51(43)49(35)42)32-16-20-48-40(26-32)34-8-2-4-12-46(34)58-48/h1-28H. The van der Waals surface area contributed by atoms with Gasteiger partial charge in [0.05, 0.1) is 22.1 Å². The molecule has 6 aromatic heterocycles. The number of pyridine rings is 4. The van der Waals surface area contributed by atoms with Crippen molar-refractivity contribution < 1.29 is 8.83 Å². The summed E-state index contributed by atoms with van der Waals surface area (Å²) in [5.74, 6) is 0. The van der Waals surface area contributed by atoms with E-state index in [1.807, 2.05) is 73.3 Å². The van der Waals surface area contributed by atoms with E-state index in [1.165, 1.54) is 0 Å². The number of furan rings is 2. The number of hydrogen-bond donors (Lipinski definition) is 0. The Morgan fingerprint density at radius 2 is 0.741 bits per heavy atom. The summed E-state index contributed by atoms with van der Waals surface area (Å²) in [5, 5.41) is 4.39. The van der Waals surface area contributed by atoms with E-state index in [0.29, 0.717) is 0 Å². The van der Waals surface area contributed by atoms with Crippen LogP contribution in [0.25, 0.3) is 133 Å². The van der Waals surface area contributed by atoms with Crippen molar-refractivity contribution in [3.63, 3.8) is 0 Å². The molecule has 58 heavy (non-hydrogen) atoms. The van der Waals surface area contributed by atoms with E-state index in [0.717, 1.165) is 133 Å². The molecule has 1 aliphatic carbocycles. The quantitative estimate of drug-likeness (QED) is 0.176. The molecule has 1 aliphatic rings. The van der Waals surface area contributed by atoms with Gasteiger partial charge in [-0.25, -0.2) is 0 Å². The van der Waals surface area contributed by atoms with Gasteiger partial charge in [0.1, 0.15) is 22.3 Å². The number of benzene rings is 6. The van der Waals surface area contributed by atoms with Gasteiger partial charge >= 0.3 is 0 Å². The van der Waals surface area contributed by atoms with Crippen LogP contribution in [0.15, 0.2) is 179 Å². The number of para-hydroxylation sites is 2. The number of rotatable bonds is 2. The van der Waals surface area contributed by atoms with Crippen LogP contribution in [0.3, 0.4) is 0 Å². The molecule has 12 aromatic rings. The van der Waals surface area contributed by atoms with Crippen molar-refractivity contribution in [3.05, 3.63) is 170 Å². The molecule has 6 heteroatoms. The molecule has 268 valence electrons. The molecular formula is C52H28N4O2. The van der Waals surface area contributed by atoms with E-state index < -0.39 is 0 Å². The summed E-state index contributed by atoms with van der Waals surface area (Å²) in [4.78, 5) is 20.1. The Labute approximate surface area is 330 Å². The zero-order valence-electron chi connectivity index (χ0n) is 30.8. The van der Waals surface area contributed by atoms with Gasteiger partial charge in [-0.2, -0.15) is 0 Å². The highest BCUT2D eigenvalue weighted by atomic mass is 16.3. The summed E-state index contributed by atoms with van der Waals surface area (Å²) >= 11 is 0. The van der Waals surface area contributed by atoms with E-state index >= 15 is 0 Å². The first kappa shape index (κ1) is 31.3. The van der Waals surface area contributed by atoms with E-state index in [4.69, 9.17) is 28.8 Å². The smallest absolute Gasteiger partial charge is 0.135 e. The van der Waals surface area contributed by atoms with Gasteiger partial charge in [-0.3, -0.25) is 19.9 Å². The highest BCUT2D eigenvalue weighted by molar-refractivity contribution is 6.14. The lowest BCUT2D eigenvalue weighted by molar-refractivity contribution is 0.668. The van der Waals surface area contributed by atoms with Crippen LogP contribution >= 0.6 is 0 Å². The molecule has 0 radical (unpaired) electrons. The van der Waals surface area contributed by atoms with Crippen molar-refractivity contribution in [2.45, 2.75) is 0 Å². The summed E-state index contributed by atoms with van der Waals surface area (Å²) in [6, 6.07) is 50.8. The van der Waals surface area contributed by atoms with Crippen molar-refractivity contribution >= 4 is 65.9 Å². The molecule has 0 amide bonds. The predicted molar refractivity (Wildman–Crippen MR) is 233 cm³/mol. The molecule has 0 N–H and O–H groups in total. The van der Waals surface area contributed by atoms with Gasteiger partial charge in [0, 0.05) is 68.6 Å². The molecule has 0 aliphatic heterocycles. The first-order chi connectivity index (χ1) is 28.7. The average Bonchev–Trinajstić information content (AvgIpc) is 3.85. The first-order valence-corrected chi connectivity index (χ1v) is 19.3. The number of aromatic nitrogens is 4. The molecular weight excluding hydrogens is 713 g/mol. The lowest BCUT2D eigenvalue weighted by Gasteiger charge is -2.25. The second-order valence-electron chi connectivity index (χ2n) is 15.0. The second-order valence-corrected chi connectivity index (χ2v) is 15.0. The maximum absolute atomic E-state index is 6.20. The molecule has 6 heterocycles. The molecule has 6 aromatic carbocycles. The normalized spacial score (nSPS) is 12.1. The van der Waals surface area contributed by atoms with Gasteiger partial charge in [-0.1, -0.05) is 72.8 Å². The zero-order chi connectivity index (χ0) is 37.9. The van der Waals surface area contributed by atoms with Crippen LogP contribution in [0, 0.1) is 0 Å². The van der Waals surface area contributed by atoms with Crippen molar-refractivity contribution in [1.29, 1.82) is 0 Å². The predicted octanol–water partition coefficient (Wildman–Crippen LogP) is 13.7. The van der Waals surface area contributed by atoms with Crippen LogP contribution in [0.4, 0.5) is 0 Å². The fourth-order valence-corrected chi connectivity index (χ4v) is 9.13. The van der Waals surface area contributed by atoms with E-state index in [-0.39, 0.29) is 0 Å². The van der Waals surface area contributed by atoms with E-state index in [1.54, 1.807) is 0 Å². The van der Waals surface area contributed by atoms with Gasteiger partial charge in [0.15, 0.2) is 0 Å².